The second kappa shape index (κ2) is 20.1. The van der Waals surface area contributed by atoms with E-state index in [0.717, 1.165) is 110 Å². The molecule has 428 valence electrons. The van der Waals surface area contributed by atoms with Gasteiger partial charge in [-0.05, 0) is 294 Å². The average molecular weight is 1120 g/mol. The highest BCUT2D eigenvalue weighted by Gasteiger charge is 2.58. The summed E-state index contributed by atoms with van der Waals surface area (Å²) in [5.41, 5.74) is 18.8. The molecule has 4 spiro atoms. The van der Waals surface area contributed by atoms with Crippen LogP contribution < -0.4 is 0 Å². The normalized spacial score (nSPS) is 25.7. The first-order valence-corrected chi connectivity index (χ1v) is 29.7. The quantitative estimate of drug-likeness (QED) is 0.0803. The summed E-state index contributed by atoms with van der Waals surface area (Å²) in [4.78, 5) is 12.8. The van der Waals surface area contributed by atoms with Gasteiger partial charge in [0.05, 0.1) is 5.60 Å². The smallest absolute Gasteiger partial charge is 0.170 e. The molecule has 8 aliphatic rings. The minimum Gasteiger partial charge on any atom is -0.508 e. The van der Waals surface area contributed by atoms with Gasteiger partial charge in [0, 0.05) is 21.8 Å². The van der Waals surface area contributed by atoms with Crippen LogP contribution in [-0.4, -0.2) is 51.7 Å². The minimum atomic E-state index is -0.935. The zero-order chi connectivity index (χ0) is 58.7. The molecular formula is C74H72O10. The second-order valence-electron chi connectivity index (χ2n) is 25.8. The Morgan fingerprint density at radius 2 is 0.750 bits per heavy atom. The van der Waals surface area contributed by atoms with E-state index in [0.29, 0.717) is 47.3 Å². The number of carbonyl (C=O) groups excluding carboxylic acids is 1. The predicted octanol–water partition coefficient (Wildman–Crippen LogP) is 13.4. The van der Waals surface area contributed by atoms with E-state index < -0.39 is 11.0 Å². The number of hydrogen-bond donors (Lipinski definition) is 9. The monoisotopic (exact) mass is 1120 g/mol. The van der Waals surface area contributed by atoms with Crippen LogP contribution in [0.3, 0.4) is 0 Å². The molecular weight excluding hydrogens is 1050 g/mol. The van der Waals surface area contributed by atoms with Gasteiger partial charge in [0.1, 0.15) is 46.0 Å². The van der Waals surface area contributed by atoms with Gasteiger partial charge < -0.3 is 46.0 Å². The number of allylic oxidation sites excluding steroid dienone is 2. The van der Waals surface area contributed by atoms with Crippen LogP contribution in [0.2, 0.25) is 0 Å². The summed E-state index contributed by atoms with van der Waals surface area (Å²) in [5.74, 6) is 2.92. The fourth-order valence-electron chi connectivity index (χ4n) is 17.2. The topological polar surface area (TPSA) is 199 Å². The lowest BCUT2D eigenvalue weighted by atomic mass is 9.69. The number of benzene rings is 8. The third-order valence-electron chi connectivity index (χ3n) is 20.8. The van der Waals surface area contributed by atoms with Gasteiger partial charge in [0.25, 0.3) is 0 Å². The number of phenols is 8. The molecule has 0 radical (unpaired) electrons. The number of phenolic OH excluding ortho intramolecular Hbond substituents is 8. The zero-order valence-corrected chi connectivity index (χ0v) is 47.8. The van der Waals surface area contributed by atoms with Crippen molar-refractivity contribution in [3.8, 4) is 46.0 Å². The molecule has 10 nitrogen and oxygen atoms in total. The maximum atomic E-state index is 12.8. The molecule has 0 heterocycles. The van der Waals surface area contributed by atoms with Crippen molar-refractivity contribution in [2.75, 3.05) is 0 Å². The van der Waals surface area contributed by atoms with Crippen LogP contribution in [0.15, 0.2) is 152 Å². The lowest BCUT2D eigenvalue weighted by molar-refractivity contribution is -0.0771. The third-order valence-corrected chi connectivity index (χ3v) is 20.8. The van der Waals surface area contributed by atoms with Crippen LogP contribution in [0.5, 0.6) is 46.0 Å². The number of aromatic hydroxyl groups is 8. The first-order valence-electron chi connectivity index (χ1n) is 29.7. The molecule has 8 aliphatic carbocycles. The van der Waals surface area contributed by atoms with Crippen LogP contribution in [0.1, 0.15) is 133 Å². The van der Waals surface area contributed by atoms with Gasteiger partial charge in [-0.25, -0.2) is 0 Å². The average Bonchev–Trinajstić information content (AvgIpc) is 1.89. The third kappa shape index (κ3) is 8.98. The van der Waals surface area contributed by atoms with E-state index in [4.69, 9.17) is 0 Å². The SMILES string of the molecule is C/C=C1/c2cc(O)ccc2CC12Cc1ccc(O)cc1C2.CCC1(O)c2cc(O)ccc2CC12Cc1ccc(O)cc1C2.CCC1c2cc(O)ccc2CC12Cc1ccc(O)cc1C2.O=C1c2cc(O)ccc2CC12Cc1ccc(O)cc1C2. The maximum absolute atomic E-state index is 12.8. The molecule has 0 fully saturated rings. The molecule has 8 aromatic rings. The van der Waals surface area contributed by atoms with Crippen LogP contribution in [0.4, 0.5) is 0 Å². The summed E-state index contributed by atoms with van der Waals surface area (Å²) >= 11 is 0. The Balaban J connectivity index is 0.000000105. The largest absolute Gasteiger partial charge is 0.508 e. The van der Waals surface area contributed by atoms with Crippen LogP contribution >= 0.6 is 0 Å². The molecule has 0 aromatic heterocycles. The molecule has 8 aromatic carbocycles. The minimum absolute atomic E-state index is 0.0982. The fraction of sp³-hybridized carbons (Fsp3) is 0.311. The molecule has 6 atom stereocenters. The molecule has 16 rings (SSSR count). The molecule has 10 heteroatoms. The summed E-state index contributed by atoms with van der Waals surface area (Å²) in [7, 11) is 0. The van der Waals surface area contributed by atoms with Crippen molar-refractivity contribution in [3.63, 3.8) is 0 Å². The van der Waals surface area contributed by atoms with Crippen molar-refractivity contribution >= 4 is 11.4 Å². The molecule has 0 saturated carbocycles. The van der Waals surface area contributed by atoms with E-state index >= 15 is 0 Å². The van der Waals surface area contributed by atoms with Gasteiger partial charge in [-0.15, -0.1) is 0 Å². The molecule has 9 N–H and O–H groups in total. The Morgan fingerprint density at radius 1 is 0.393 bits per heavy atom. The summed E-state index contributed by atoms with van der Waals surface area (Å²) < 4.78 is 0. The highest BCUT2D eigenvalue weighted by molar-refractivity contribution is 6.06. The van der Waals surface area contributed by atoms with Crippen molar-refractivity contribution in [1.82, 2.24) is 0 Å². The second-order valence-corrected chi connectivity index (χ2v) is 25.8. The van der Waals surface area contributed by atoms with E-state index in [1.54, 1.807) is 66.7 Å². The highest BCUT2D eigenvalue weighted by Crippen LogP contribution is 2.61. The first-order chi connectivity index (χ1) is 40.3. The number of Topliss-reactive ketones (excluding diaryl/α,β-unsaturated/α-hetero) is 1. The van der Waals surface area contributed by atoms with E-state index in [-0.39, 0.29) is 45.0 Å². The van der Waals surface area contributed by atoms with E-state index in [2.05, 4.69) is 32.1 Å². The predicted molar refractivity (Wildman–Crippen MR) is 324 cm³/mol. The Morgan fingerprint density at radius 3 is 1.32 bits per heavy atom. The number of aliphatic hydroxyl groups is 1. The van der Waals surface area contributed by atoms with Gasteiger partial charge in [0.15, 0.2) is 5.78 Å². The van der Waals surface area contributed by atoms with Gasteiger partial charge in [-0.2, -0.15) is 0 Å². The molecule has 84 heavy (non-hydrogen) atoms. The van der Waals surface area contributed by atoms with Crippen molar-refractivity contribution in [3.05, 3.63) is 241 Å². The maximum Gasteiger partial charge on any atom is 0.170 e. The summed E-state index contributed by atoms with van der Waals surface area (Å²) in [6.07, 6.45) is 14.6. The molecule has 0 aliphatic heterocycles. The number of rotatable bonds is 2. The number of hydrogen-bond acceptors (Lipinski definition) is 10. The van der Waals surface area contributed by atoms with Crippen molar-refractivity contribution in [2.24, 2.45) is 21.7 Å². The van der Waals surface area contributed by atoms with Gasteiger partial charge in [0.2, 0.25) is 0 Å². The van der Waals surface area contributed by atoms with Crippen molar-refractivity contribution < 1.29 is 50.8 Å². The standard InChI is InChI=1S/C19H20O3.C19H20O2.C19H18O2.C17H14O3/c1-2-19(22)17-8-16(21)6-4-13(17)10-18(19)9-12-3-5-15(20)7-14(12)11-18;2*1-2-18-17-8-16(21)6-4-13(17)10-19(18)9-12-3-5-15(20)7-14(12)11-19;18-13-3-1-10-7-17(9-12(10)5-13)8-11-2-4-14(19)6-15(11)16(17)20/h3-8,20-22H,2,9-11H2,1H3;3-8,18,20-21H,2,9-11H2,1H3;2-8,20-21H,9-11H2,1H3;1-6,18-19H,7-9H2/b;;18-2-;. The van der Waals surface area contributed by atoms with Gasteiger partial charge in [-0.3, -0.25) is 4.79 Å². The van der Waals surface area contributed by atoms with Crippen LogP contribution in [-0.2, 0) is 82.7 Å². The fourth-order valence-corrected chi connectivity index (χ4v) is 17.2. The Kier molecular flexibility index (Phi) is 13.1. The number of carbonyl (C=O) groups is 1. The summed E-state index contributed by atoms with van der Waals surface area (Å²) in [5, 5.41) is 89.2. The Labute approximate surface area is 490 Å². The number of fused-ring (bicyclic) bond motifs is 8. The molecule has 0 saturated heterocycles. The molecule has 0 bridgehead atoms. The van der Waals surface area contributed by atoms with Gasteiger partial charge >= 0.3 is 0 Å². The van der Waals surface area contributed by atoms with E-state index in [9.17, 15) is 50.8 Å². The van der Waals surface area contributed by atoms with Crippen molar-refractivity contribution in [1.29, 1.82) is 0 Å². The van der Waals surface area contributed by atoms with Gasteiger partial charge in [-0.1, -0.05) is 68.5 Å². The summed E-state index contributed by atoms with van der Waals surface area (Å²) in [6, 6.07) is 44.3. The van der Waals surface area contributed by atoms with E-state index in [1.807, 2.05) is 73.7 Å². The highest BCUT2D eigenvalue weighted by atomic mass is 16.3. The van der Waals surface area contributed by atoms with Crippen molar-refractivity contribution in [2.45, 2.75) is 122 Å². The lowest BCUT2D eigenvalue weighted by Crippen LogP contribution is -2.43. The zero-order valence-electron chi connectivity index (χ0n) is 47.8. The first kappa shape index (κ1) is 54.8. The molecule has 6 unspecified atom stereocenters. The van der Waals surface area contributed by atoms with Crippen LogP contribution in [0.25, 0.3) is 5.57 Å². The molecule has 0 amide bonds. The summed E-state index contributed by atoms with van der Waals surface area (Å²) in [6.45, 7) is 6.32. The Bertz CT molecular complexity index is 4030. The van der Waals surface area contributed by atoms with Crippen LogP contribution in [0, 0.1) is 21.7 Å². The Hall–Kier alpha value is -8.47. The number of ketones is 1. The van der Waals surface area contributed by atoms with E-state index in [1.165, 1.54) is 55.6 Å². The lowest BCUT2D eigenvalue weighted by Gasteiger charge is -2.40.